The lowest BCUT2D eigenvalue weighted by atomic mass is 10.0. The van der Waals surface area contributed by atoms with Crippen LogP contribution in [0.5, 0.6) is 0 Å². The molecule has 3 fully saturated rings. The number of likely N-dealkylation sites (tertiary alicyclic amines) is 2. The summed E-state index contributed by atoms with van der Waals surface area (Å²) in [6.07, 6.45) is 0.941. The van der Waals surface area contributed by atoms with Gasteiger partial charge in [0.1, 0.15) is 36.3 Å². The van der Waals surface area contributed by atoms with Gasteiger partial charge in [-0.25, -0.2) is 4.79 Å². The van der Waals surface area contributed by atoms with Crippen LogP contribution >= 0.6 is 0 Å². The largest absolute Gasteiger partial charge is 0.481 e. The lowest BCUT2D eigenvalue weighted by Crippen LogP contribution is -2.59. The first kappa shape index (κ1) is 42.2. The van der Waals surface area contributed by atoms with Crippen molar-refractivity contribution in [3.05, 3.63) is 35.9 Å². The van der Waals surface area contributed by atoms with E-state index < -0.39 is 115 Å². The van der Waals surface area contributed by atoms with Crippen LogP contribution < -0.4 is 26.6 Å². The van der Waals surface area contributed by atoms with Crippen molar-refractivity contribution in [1.82, 2.24) is 36.4 Å². The number of benzene rings is 1. The molecule has 0 saturated carbocycles. The summed E-state index contributed by atoms with van der Waals surface area (Å²) in [7, 11) is 0. The van der Waals surface area contributed by atoms with E-state index in [1.807, 2.05) is 0 Å². The van der Waals surface area contributed by atoms with E-state index in [2.05, 4.69) is 26.6 Å². The lowest BCUT2D eigenvalue weighted by Gasteiger charge is -2.33. The number of rotatable bonds is 18. The number of carbonyl (C=O) groups is 9. The number of amides is 6. The summed E-state index contributed by atoms with van der Waals surface area (Å²) in [5.41, 5.74) is 0.642. The Hall–Kier alpha value is -5.59. The van der Waals surface area contributed by atoms with Crippen molar-refractivity contribution >= 4 is 53.4 Å². The first-order valence-corrected chi connectivity index (χ1v) is 18.4. The standard InChI is InChI=1S/C36H49N7O12/c1-20(38-33(51)24(19-29(46)47)40-31(49)22-10-5-15-37-22)30(48)39-23(13-14-28(44)45)32(50)41-25(18-21-8-3-2-4-9-21)34(52)42-16-6-11-26(42)35(53)43-17-7-12-27(43)36(54)55/h2-4,8-9,20,22-27,37H,5-7,10-19H2,1H3,(H,38,51)(H,39,48)(H,40,49)(H,41,50)(H,44,45)(H,46,47)(H,54,55)/t20-,22-,23-,24-,25-,26-,27-/m0/s1. The third-order valence-corrected chi connectivity index (χ3v) is 9.96. The average molecular weight is 772 g/mol. The molecule has 1 aromatic rings. The molecule has 19 nitrogen and oxygen atoms in total. The highest BCUT2D eigenvalue weighted by Crippen LogP contribution is 2.26. The Morgan fingerprint density at radius 2 is 1.36 bits per heavy atom. The van der Waals surface area contributed by atoms with Crippen LogP contribution in [0, 0.1) is 0 Å². The third kappa shape index (κ3) is 11.7. The SMILES string of the molecule is C[C@H](NC(=O)[C@H](CC(=O)O)NC(=O)[C@@H]1CCCN1)C(=O)N[C@@H](CCC(=O)O)C(=O)N[C@@H](Cc1ccccc1)C(=O)N1CCC[C@H]1C(=O)N1CCC[C@H]1C(=O)O. The van der Waals surface area contributed by atoms with E-state index in [4.69, 9.17) is 0 Å². The summed E-state index contributed by atoms with van der Waals surface area (Å²) < 4.78 is 0. The normalized spacial score (nSPS) is 21.4. The van der Waals surface area contributed by atoms with E-state index in [1.54, 1.807) is 30.3 Å². The van der Waals surface area contributed by atoms with Crippen molar-refractivity contribution in [3.63, 3.8) is 0 Å². The fourth-order valence-electron chi connectivity index (χ4n) is 7.07. The molecule has 3 saturated heterocycles. The van der Waals surface area contributed by atoms with Crippen LogP contribution in [-0.2, 0) is 49.6 Å². The van der Waals surface area contributed by atoms with E-state index in [9.17, 15) is 58.5 Å². The highest BCUT2D eigenvalue weighted by molar-refractivity contribution is 5.98. The molecule has 55 heavy (non-hydrogen) atoms. The van der Waals surface area contributed by atoms with Crippen LogP contribution in [0.4, 0.5) is 0 Å². The number of carboxylic acid groups (broad SMARTS) is 3. The average Bonchev–Trinajstić information content (AvgIpc) is 3.95. The second-order valence-corrected chi connectivity index (χ2v) is 14.0. The topological polar surface area (TPSA) is 281 Å². The summed E-state index contributed by atoms with van der Waals surface area (Å²) in [4.78, 5) is 118. The van der Waals surface area contributed by atoms with Gasteiger partial charge in [-0.2, -0.15) is 0 Å². The van der Waals surface area contributed by atoms with Crippen molar-refractivity contribution in [2.24, 2.45) is 0 Å². The summed E-state index contributed by atoms with van der Waals surface area (Å²) in [6, 6.07) is 0.357. The zero-order valence-corrected chi connectivity index (χ0v) is 30.5. The van der Waals surface area contributed by atoms with Gasteiger partial charge >= 0.3 is 17.9 Å². The predicted molar refractivity (Wildman–Crippen MR) is 191 cm³/mol. The van der Waals surface area contributed by atoms with Crippen molar-refractivity contribution in [1.29, 1.82) is 0 Å². The Morgan fingerprint density at radius 3 is 1.98 bits per heavy atom. The molecular formula is C36H49N7O12. The second kappa shape index (κ2) is 19.7. The number of carboxylic acids is 3. The third-order valence-electron chi connectivity index (χ3n) is 9.96. The van der Waals surface area contributed by atoms with Crippen molar-refractivity contribution in [2.75, 3.05) is 19.6 Å². The van der Waals surface area contributed by atoms with Crippen molar-refractivity contribution in [2.45, 2.75) is 113 Å². The van der Waals surface area contributed by atoms with Gasteiger partial charge in [0, 0.05) is 25.9 Å². The zero-order chi connectivity index (χ0) is 40.2. The molecule has 0 radical (unpaired) electrons. The van der Waals surface area contributed by atoms with Gasteiger partial charge < -0.3 is 51.7 Å². The van der Waals surface area contributed by atoms with Crippen LogP contribution in [0.25, 0.3) is 0 Å². The number of hydrogen-bond acceptors (Lipinski definition) is 10. The molecule has 1 aromatic carbocycles. The van der Waals surface area contributed by atoms with Gasteiger partial charge in [0.2, 0.25) is 35.4 Å². The van der Waals surface area contributed by atoms with Crippen LogP contribution in [0.15, 0.2) is 30.3 Å². The monoisotopic (exact) mass is 771 g/mol. The Balaban J connectivity index is 1.49. The summed E-state index contributed by atoms with van der Waals surface area (Å²) in [5.74, 6) is -8.34. The highest BCUT2D eigenvalue weighted by Gasteiger charge is 2.44. The Morgan fingerprint density at radius 1 is 0.727 bits per heavy atom. The Labute approximate surface area is 316 Å². The first-order valence-electron chi connectivity index (χ1n) is 18.4. The summed E-state index contributed by atoms with van der Waals surface area (Å²) in [5, 5.41) is 41.1. The molecule has 3 aliphatic rings. The van der Waals surface area contributed by atoms with Gasteiger partial charge in [0.05, 0.1) is 12.5 Å². The van der Waals surface area contributed by atoms with E-state index in [0.29, 0.717) is 31.4 Å². The van der Waals surface area contributed by atoms with Gasteiger partial charge in [-0.05, 0) is 64.0 Å². The lowest BCUT2D eigenvalue weighted by molar-refractivity contribution is -0.152. The van der Waals surface area contributed by atoms with Crippen molar-refractivity contribution < 1.29 is 58.5 Å². The molecule has 0 aliphatic carbocycles. The molecule has 0 spiro atoms. The summed E-state index contributed by atoms with van der Waals surface area (Å²) in [6.45, 7) is 2.22. The Kier molecular flexibility index (Phi) is 15.1. The van der Waals surface area contributed by atoms with E-state index in [1.165, 1.54) is 16.7 Å². The molecule has 0 aromatic heterocycles. The Bertz CT molecular complexity index is 1620. The molecule has 4 rings (SSSR count). The van der Waals surface area contributed by atoms with E-state index >= 15 is 0 Å². The molecule has 6 amide bonds. The minimum absolute atomic E-state index is 0.0383. The molecule has 300 valence electrons. The number of aliphatic carboxylic acids is 3. The van der Waals surface area contributed by atoms with Gasteiger partial charge in [0.15, 0.2) is 0 Å². The minimum Gasteiger partial charge on any atom is -0.481 e. The zero-order valence-electron chi connectivity index (χ0n) is 30.5. The fourth-order valence-corrected chi connectivity index (χ4v) is 7.07. The highest BCUT2D eigenvalue weighted by atomic mass is 16.4. The number of hydrogen-bond donors (Lipinski definition) is 8. The molecule has 8 N–H and O–H groups in total. The van der Waals surface area contributed by atoms with E-state index in [0.717, 1.165) is 6.42 Å². The quantitative estimate of drug-likeness (QED) is 0.0832. The molecule has 3 aliphatic heterocycles. The molecule has 3 heterocycles. The number of nitrogens with one attached hydrogen (secondary N) is 5. The number of nitrogens with zero attached hydrogens (tertiary/aromatic N) is 2. The fraction of sp³-hybridized carbons (Fsp3) is 0.583. The van der Waals surface area contributed by atoms with Crippen LogP contribution in [0.1, 0.15) is 70.3 Å². The van der Waals surface area contributed by atoms with Crippen molar-refractivity contribution in [3.8, 4) is 0 Å². The van der Waals surface area contributed by atoms with Crippen LogP contribution in [-0.4, -0.2) is 140 Å². The molecule has 7 atom stereocenters. The maximum absolute atomic E-state index is 14.2. The van der Waals surface area contributed by atoms with Gasteiger partial charge in [0.25, 0.3) is 0 Å². The van der Waals surface area contributed by atoms with Gasteiger partial charge in [-0.1, -0.05) is 30.3 Å². The smallest absolute Gasteiger partial charge is 0.326 e. The molecule has 19 heteroatoms. The van der Waals surface area contributed by atoms with Gasteiger partial charge in [-0.15, -0.1) is 0 Å². The predicted octanol–water partition coefficient (Wildman–Crippen LogP) is -1.65. The molecular weight excluding hydrogens is 722 g/mol. The maximum atomic E-state index is 14.2. The van der Waals surface area contributed by atoms with Gasteiger partial charge in [-0.3, -0.25) is 38.4 Å². The second-order valence-electron chi connectivity index (χ2n) is 14.0. The number of carbonyl (C=O) groups excluding carboxylic acids is 6. The maximum Gasteiger partial charge on any atom is 0.326 e. The van der Waals surface area contributed by atoms with Crippen LogP contribution in [0.2, 0.25) is 0 Å². The molecule has 0 unspecified atom stereocenters. The summed E-state index contributed by atoms with van der Waals surface area (Å²) >= 11 is 0. The molecule has 0 bridgehead atoms. The minimum atomic E-state index is -1.53. The van der Waals surface area contributed by atoms with E-state index in [-0.39, 0.29) is 32.4 Å². The van der Waals surface area contributed by atoms with Crippen LogP contribution in [0.3, 0.4) is 0 Å². The first-order chi connectivity index (χ1) is 26.2.